The number of halogens is 2. The number of benzene rings is 1. The van der Waals surface area contributed by atoms with Gasteiger partial charge >= 0.3 is 5.97 Å². The van der Waals surface area contributed by atoms with Crippen LogP contribution in [0.3, 0.4) is 0 Å². The molecule has 1 fully saturated rings. The first-order valence-electron chi connectivity index (χ1n) is 11.0. The molecule has 0 aliphatic heterocycles. The summed E-state index contributed by atoms with van der Waals surface area (Å²) in [5.74, 6) is 0.0929. The predicted octanol–water partition coefficient (Wildman–Crippen LogP) is 4.25. The lowest BCUT2D eigenvalue weighted by Crippen LogP contribution is -2.15. The van der Waals surface area contributed by atoms with E-state index in [4.69, 9.17) is 28.3 Å². The van der Waals surface area contributed by atoms with Crippen LogP contribution < -0.4 is 5.56 Å². The fraction of sp³-hybridized carbons (Fsp3) is 0.435. The zero-order valence-corrected chi connectivity index (χ0v) is 19.5. The number of aromatic nitrogens is 5. The van der Waals surface area contributed by atoms with Crippen LogP contribution in [-0.2, 0) is 24.2 Å². The Labute approximate surface area is 200 Å². The van der Waals surface area contributed by atoms with E-state index in [0.29, 0.717) is 29.6 Å². The van der Waals surface area contributed by atoms with E-state index >= 15 is 0 Å². The number of nitrogens with zero attached hydrogens (tertiary/aromatic N) is 4. The number of carbonyl (C=O) groups is 1. The van der Waals surface area contributed by atoms with Crippen LogP contribution in [0.2, 0.25) is 10.0 Å². The Balaban J connectivity index is 1.52. The Morgan fingerprint density at radius 2 is 1.94 bits per heavy atom. The van der Waals surface area contributed by atoms with Gasteiger partial charge in [-0.2, -0.15) is 4.80 Å². The van der Waals surface area contributed by atoms with Crippen LogP contribution in [0.4, 0.5) is 0 Å². The van der Waals surface area contributed by atoms with Crippen LogP contribution in [0.1, 0.15) is 60.7 Å². The lowest BCUT2D eigenvalue weighted by atomic mass is 9.85. The normalized spacial score (nSPS) is 15.1. The molecule has 2 N–H and O–H groups in total. The highest BCUT2D eigenvalue weighted by Crippen LogP contribution is 2.38. The molecule has 1 aliphatic carbocycles. The van der Waals surface area contributed by atoms with Crippen molar-refractivity contribution in [2.24, 2.45) is 5.92 Å². The zero-order chi connectivity index (χ0) is 23.4. The number of hydrogen-bond donors (Lipinski definition) is 2. The molecule has 3 aromatic rings. The number of H-pyrrole nitrogens is 1. The van der Waals surface area contributed by atoms with Gasteiger partial charge in [-0.1, -0.05) is 61.0 Å². The largest absolute Gasteiger partial charge is 0.480 e. The van der Waals surface area contributed by atoms with E-state index in [9.17, 15) is 9.59 Å². The molecule has 1 aromatic carbocycles. The first-order chi connectivity index (χ1) is 15.9. The van der Waals surface area contributed by atoms with Crippen molar-refractivity contribution in [1.82, 2.24) is 25.2 Å². The molecule has 0 bridgehead atoms. The summed E-state index contributed by atoms with van der Waals surface area (Å²) in [5.41, 5.74) is 2.56. The van der Waals surface area contributed by atoms with Gasteiger partial charge in [-0.15, -0.1) is 10.2 Å². The molecular formula is C23H25Cl2N5O3. The Morgan fingerprint density at radius 3 is 2.64 bits per heavy atom. The van der Waals surface area contributed by atoms with Gasteiger partial charge < -0.3 is 10.1 Å². The van der Waals surface area contributed by atoms with Gasteiger partial charge in [0.05, 0.1) is 0 Å². The second kappa shape index (κ2) is 10.5. The first-order valence-corrected chi connectivity index (χ1v) is 11.8. The third-order valence-electron chi connectivity index (χ3n) is 6.17. The van der Waals surface area contributed by atoms with Crippen molar-refractivity contribution in [3.05, 3.63) is 73.4 Å². The maximum Gasteiger partial charge on any atom is 0.327 e. The van der Waals surface area contributed by atoms with Gasteiger partial charge in [-0.3, -0.25) is 9.59 Å². The quantitative estimate of drug-likeness (QED) is 0.464. The van der Waals surface area contributed by atoms with Crippen LogP contribution in [-0.4, -0.2) is 36.3 Å². The van der Waals surface area contributed by atoms with Crippen molar-refractivity contribution in [3.8, 4) is 0 Å². The summed E-state index contributed by atoms with van der Waals surface area (Å²) in [4.78, 5) is 26.9. The average Bonchev–Trinajstić information content (AvgIpc) is 3.45. The van der Waals surface area contributed by atoms with Crippen LogP contribution in [0.5, 0.6) is 0 Å². The van der Waals surface area contributed by atoms with E-state index in [2.05, 4.69) is 26.5 Å². The summed E-state index contributed by atoms with van der Waals surface area (Å²) in [5, 5.41) is 21.4. The van der Waals surface area contributed by atoms with E-state index in [0.717, 1.165) is 28.0 Å². The third-order valence-corrected chi connectivity index (χ3v) is 6.82. The van der Waals surface area contributed by atoms with E-state index in [1.165, 1.54) is 25.7 Å². The highest BCUT2D eigenvalue weighted by Gasteiger charge is 2.24. The minimum atomic E-state index is -1.02. The number of rotatable bonds is 9. The summed E-state index contributed by atoms with van der Waals surface area (Å²) < 4.78 is 0. The molecule has 1 unspecified atom stereocenters. The van der Waals surface area contributed by atoms with Crippen LogP contribution in [0.15, 0.2) is 35.1 Å². The van der Waals surface area contributed by atoms with Crippen molar-refractivity contribution in [2.75, 3.05) is 0 Å². The highest BCUT2D eigenvalue weighted by molar-refractivity contribution is 6.31. The van der Waals surface area contributed by atoms with E-state index < -0.39 is 5.97 Å². The van der Waals surface area contributed by atoms with Gasteiger partial charge in [0.15, 0.2) is 12.4 Å². The summed E-state index contributed by atoms with van der Waals surface area (Å²) in [6.45, 7) is -0.322. The number of hydrogen-bond acceptors (Lipinski definition) is 5. The maximum absolute atomic E-state index is 12.1. The fourth-order valence-electron chi connectivity index (χ4n) is 4.49. The van der Waals surface area contributed by atoms with Crippen LogP contribution in [0, 0.1) is 5.92 Å². The molecule has 2 aromatic heterocycles. The second-order valence-corrected chi connectivity index (χ2v) is 9.32. The van der Waals surface area contributed by atoms with Crippen molar-refractivity contribution in [1.29, 1.82) is 0 Å². The Bertz CT molecular complexity index is 1190. The second-order valence-electron chi connectivity index (χ2n) is 8.51. The predicted molar refractivity (Wildman–Crippen MR) is 125 cm³/mol. The molecule has 0 radical (unpaired) electrons. The maximum atomic E-state index is 12.1. The molecule has 0 amide bonds. The van der Waals surface area contributed by atoms with Crippen LogP contribution in [0.25, 0.3) is 0 Å². The smallest absolute Gasteiger partial charge is 0.327 e. The number of tetrazole rings is 1. The monoisotopic (exact) mass is 489 g/mol. The van der Waals surface area contributed by atoms with Gasteiger partial charge in [0.2, 0.25) is 0 Å². The molecule has 8 nitrogen and oxygen atoms in total. The Morgan fingerprint density at radius 1 is 1.15 bits per heavy atom. The summed E-state index contributed by atoms with van der Waals surface area (Å²) in [7, 11) is 0. The molecule has 33 heavy (non-hydrogen) atoms. The standard InChI is InChI=1S/C23H25Cl2N5O3/c24-18-8-9-20(26-23(18)33)17(11-14-3-1-2-4-14)16-6-5-15(19(25)12-16)7-10-21-27-29-30(28-21)13-22(31)32/h5-6,8-9,12,14,17H,1-4,7,10-11,13H2,(H,26,33)(H,31,32). The molecule has 10 heteroatoms. The fourth-order valence-corrected chi connectivity index (χ4v) is 4.88. The number of carboxylic acids is 1. The molecule has 0 saturated heterocycles. The number of aliphatic carboxylic acids is 1. The summed E-state index contributed by atoms with van der Waals surface area (Å²) >= 11 is 12.6. The first kappa shape index (κ1) is 23.4. The minimum absolute atomic E-state index is 0.0298. The van der Waals surface area contributed by atoms with Gasteiger partial charge in [-0.05, 0) is 53.3 Å². The van der Waals surface area contributed by atoms with Crippen molar-refractivity contribution in [3.63, 3.8) is 0 Å². The van der Waals surface area contributed by atoms with Crippen molar-refractivity contribution in [2.45, 2.75) is 57.4 Å². The molecule has 4 rings (SSSR count). The SMILES string of the molecule is O=C(O)Cn1nnc(CCc2ccc(C(CC3CCCC3)c3ccc(Cl)c(=O)[nH]3)cc2Cl)n1. The van der Waals surface area contributed by atoms with Crippen molar-refractivity contribution < 1.29 is 9.90 Å². The Kier molecular flexibility index (Phi) is 7.45. The van der Waals surface area contributed by atoms with Gasteiger partial charge in [-0.25, -0.2) is 0 Å². The zero-order valence-electron chi connectivity index (χ0n) is 18.0. The topological polar surface area (TPSA) is 114 Å². The van der Waals surface area contributed by atoms with Gasteiger partial charge in [0, 0.05) is 23.1 Å². The molecule has 1 atom stereocenters. The lowest BCUT2D eigenvalue weighted by molar-refractivity contribution is -0.138. The summed E-state index contributed by atoms with van der Waals surface area (Å²) in [6.07, 6.45) is 6.95. The number of carboxylic acid groups (broad SMARTS) is 1. The lowest BCUT2D eigenvalue weighted by Gasteiger charge is -2.22. The van der Waals surface area contributed by atoms with Gasteiger partial charge in [0.1, 0.15) is 5.02 Å². The highest BCUT2D eigenvalue weighted by atomic mass is 35.5. The van der Waals surface area contributed by atoms with E-state index in [1.807, 2.05) is 18.2 Å². The molecular weight excluding hydrogens is 465 g/mol. The molecule has 1 aliphatic rings. The Hall–Kier alpha value is -2.71. The number of aromatic amines is 1. The summed E-state index contributed by atoms with van der Waals surface area (Å²) in [6, 6.07) is 9.56. The molecule has 174 valence electrons. The third kappa shape index (κ3) is 6.00. The minimum Gasteiger partial charge on any atom is -0.480 e. The number of aryl methyl sites for hydroxylation is 2. The number of nitrogens with one attached hydrogen (secondary N) is 1. The molecule has 2 heterocycles. The van der Waals surface area contributed by atoms with Gasteiger partial charge in [0.25, 0.3) is 5.56 Å². The van der Waals surface area contributed by atoms with Crippen LogP contribution >= 0.6 is 23.2 Å². The average molecular weight is 490 g/mol. The van der Waals surface area contributed by atoms with Crippen molar-refractivity contribution >= 4 is 29.2 Å². The number of pyridine rings is 1. The van der Waals surface area contributed by atoms with E-state index in [-0.39, 0.29) is 23.0 Å². The van der Waals surface area contributed by atoms with E-state index in [1.54, 1.807) is 6.07 Å². The molecule has 1 saturated carbocycles. The molecule has 0 spiro atoms.